The van der Waals surface area contributed by atoms with Gasteiger partial charge < -0.3 is 42.6 Å². The topological polar surface area (TPSA) is 187 Å². The van der Waals surface area contributed by atoms with Gasteiger partial charge in [-0.25, -0.2) is 19.2 Å². The minimum atomic E-state index is -5.90. The van der Waals surface area contributed by atoms with Crippen LogP contribution in [-0.2, 0) is 32.8 Å². The van der Waals surface area contributed by atoms with Gasteiger partial charge in [0, 0.05) is 0 Å². The van der Waals surface area contributed by atoms with Gasteiger partial charge in [-0.1, -0.05) is 72.8 Å². The van der Waals surface area contributed by atoms with E-state index in [-0.39, 0.29) is 22.3 Å². The molecule has 0 unspecified atom stereocenters. The quantitative estimate of drug-likeness (QED) is 0.128. The van der Waals surface area contributed by atoms with Crippen LogP contribution in [0.4, 0.5) is 0 Å². The summed E-state index contributed by atoms with van der Waals surface area (Å²) in [6.07, 6.45) is -9.55. The molecule has 1 saturated heterocycles. The van der Waals surface area contributed by atoms with Crippen LogP contribution in [0.1, 0.15) is 41.4 Å². The molecule has 0 bridgehead atoms. The fourth-order valence-electron chi connectivity index (χ4n) is 4.74. The van der Waals surface area contributed by atoms with Gasteiger partial charge in [-0.2, -0.15) is 0 Å². The van der Waals surface area contributed by atoms with Crippen LogP contribution in [0.15, 0.2) is 121 Å². The largest absolute Gasteiger partial charge is 0.790 e. The monoisotopic (exact) mass is 674 g/mol. The molecule has 5 atom stereocenters. The van der Waals surface area contributed by atoms with E-state index in [1.54, 1.807) is 60.7 Å². The summed E-state index contributed by atoms with van der Waals surface area (Å²) in [5.41, 5.74) is 0.195. The molecule has 0 N–H and O–H groups in total. The average molecular weight is 675 g/mol. The van der Waals surface area contributed by atoms with Crippen LogP contribution in [0.3, 0.4) is 0 Å². The molecule has 5 rings (SSSR count). The van der Waals surface area contributed by atoms with E-state index >= 15 is 0 Å². The smallest absolute Gasteiger partial charge is 0.340 e. The number of esters is 4. The van der Waals surface area contributed by atoms with Gasteiger partial charge in [0.2, 0.25) is 12.4 Å². The number of hydrogen-bond donors (Lipinski definition) is 0. The predicted molar refractivity (Wildman–Crippen MR) is 161 cm³/mol. The maximum atomic E-state index is 13.4. The Morgan fingerprint density at radius 2 is 0.917 bits per heavy atom. The molecule has 1 aliphatic heterocycles. The molecule has 0 spiro atoms. The molecule has 0 aliphatic carbocycles. The lowest BCUT2D eigenvalue weighted by atomic mass is 9.98. The van der Waals surface area contributed by atoms with Crippen LogP contribution in [0, 0.1) is 0 Å². The summed E-state index contributed by atoms with van der Waals surface area (Å²) >= 11 is 0. The van der Waals surface area contributed by atoms with Crippen molar-refractivity contribution in [2.24, 2.45) is 0 Å². The molecule has 48 heavy (non-hydrogen) atoms. The maximum absolute atomic E-state index is 13.4. The van der Waals surface area contributed by atoms with Crippen LogP contribution in [0.25, 0.3) is 0 Å². The highest BCUT2D eigenvalue weighted by atomic mass is 31.2. The standard InChI is InChI=1S/C34H29O13P/c35-30(22-13-5-1-6-14-22)42-21-26-27(47-48(39,40)41)28(44-31(36)23-15-7-2-8-16-23)29(45-32(37)24-17-9-3-10-18-24)34(43-26)46-33(38)25-19-11-4-12-20-25/h1-20,26-29,34H,21H2,(H2,39,40,41)/p-2/t26-,27-,28+,29+,34-/m1/s1. The maximum Gasteiger partial charge on any atom is 0.340 e. The summed E-state index contributed by atoms with van der Waals surface area (Å²) in [6, 6.07) is 30.4. The fraction of sp³-hybridized carbons (Fsp3) is 0.176. The summed E-state index contributed by atoms with van der Waals surface area (Å²) in [7, 11) is -5.90. The molecule has 4 aromatic rings. The normalized spacial score (nSPS) is 20.6. The Hall–Kier alpha value is -5.17. The molecule has 14 heteroatoms. The first-order valence-corrected chi connectivity index (χ1v) is 15.9. The molecular formula is C34H27O13P-2. The van der Waals surface area contributed by atoms with E-state index in [0.29, 0.717) is 0 Å². The number of rotatable bonds is 11. The van der Waals surface area contributed by atoms with Gasteiger partial charge in [-0.3, -0.25) is 0 Å². The number of carbonyl (C=O) groups excluding carboxylic acids is 4. The lowest BCUT2D eigenvalue weighted by Gasteiger charge is -2.47. The van der Waals surface area contributed by atoms with Crippen LogP contribution in [-0.4, -0.2) is 61.2 Å². The average Bonchev–Trinajstić information content (AvgIpc) is 3.10. The second-order valence-electron chi connectivity index (χ2n) is 10.3. The van der Waals surface area contributed by atoms with Crippen LogP contribution >= 0.6 is 7.82 Å². The Morgan fingerprint density at radius 1 is 0.542 bits per heavy atom. The Balaban J connectivity index is 1.55. The van der Waals surface area contributed by atoms with E-state index in [2.05, 4.69) is 0 Å². The number of ether oxygens (including phenoxy) is 5. The summed E-state index contributed by atoms with van der Waals surface area (Å²) in [4.78, 5) is 76.8. The third-order valence-corrected chi connectivity index (χ3v) is 7.47. The minimum absolute atomic E-state index is 0.00630. The third-order valence-electron chi connectivity index (χ3n) is 6.97. The lowest BCUT2D eigenvalue weighted by molar-refractivity contribution is -0.358. The van der Waals surface area contributed by atoms with Gasteiger partial charge in [0.25, 0.3) is 0 Å². The molecule has 1 aliphatic rings. The lowest BCUT2D eigenvalue weighted by Crippen LogP contribution is -2.63. The molecular weight excluding hydrogens is 647 g/mol. The van der Waals surface area contributed by atoms with Gasteiger partial charge in [0.05, 0.1) is 30.1 Å². The second-order valence-corrected chi connectivity index (χ2v) is 11.4. The molecule has 0 saturated carbocycles. The predicted octanol–water partition coefficient (Wildman–Crippen LogP) is 3.09. The van der Waals surface area contributed by atoms with Crippen molar-refractivity contribution < 1.29 is 61.7 Å². The Kier molecular flexibility index (Phi) is 11.1. The molecule has 0 aromatic heterocycles. The van der Waals surface area contributed by atoms with Crippen molar-refractivity contribution >= 4 is 31.7 Å². The highest BCUT2D eigenvalue weighted by Gasteiger charge is 2.54. The van der Waals surface area contributed by atoms with Crippen molar-refractivity contribution in [1.29, 1.82) is 0 Å². The van der Waals surface area contributed by atoms with Gasteiger partial charge >= 0.3 is 23.9 Å². The number of carbonyl (C=O) groups is 4. The van der Waals surface area contributed by atoms with E-state index in [1.807, 2.05) is 0 Å². The summed E-state index contributed by atoms with van der Waals surface area (Å²) in [5, 5.41) is 0. The van der Waals surface area contributed by atoms with Gasteiger partial charge in [0.1, 0.15) is 18.8 Å². The summed E-state index contributed by atoms with van der Waals surface area (Å²) < 4.78 is 45.1. The molecule has 248 valence electrons. The van der Waals surface area contributed by atoms with E-state index in [0.717, 1.165) is 0 Å². The number of hydrogen-bond acceptors (Lipinski definition) is 13. The van der Waals surface area contributed by atoms with E-state index in [1.165, 1.54) is 60.7 Å². The van der Waals surface area contributed by atoms with Crippen molar-refractivity contribution in [2.75, 3.05) is 6.61 Å². The van der Waals surface area contributed by atoms with E-state index < -0.39 is 69.0 Å². The van der Waals surface area contributed by atoms with E-state index in [9.17, 15) is 33.5 Å². The first kappa shape index (κ1) is 34.2. The zero-order chi connectivity index (χ0) is 34.1. The molecule has 4 aromatic carbocycles. The number of benzene rings is 4. The zero-order valence-electron chi connectivity index (χ0n) is 24.9. The Morgan fingerprint density at radius 3 is 1.33 bits per heavy atom. The van der Waals surface area contributed by atoms with Crippen LogP contribution in [0.5, 0.6) is 0 Å². The van der Waals surface area contributed by atoms with Crippen molar-refractivity contribution in [3.05, 3.63) is 144 Å². The summed E-state index contributed by atoms with van der Waals surface area (Å²) in [5.74, 6) is -3.88. The highest BCUT2D eigenvalue weighted by molar-refractivity contribution is 7.43. The molecule has 0 radical (unpaired) electrons. The first-order chi connectivity index (χ1) is 23.1. The van der Waals surface area contributed by atoms with Crippen LogP contribution < -0.4 is 9.79 Å². The number of phosphoric ester groups is 1. The second kappa shape index (κ2) is 15.6. The van der Waals surface area contributed by atoms with E-state index in [4.69, 9.17) is 28.2 Å². The SMILES string of the molecule is O=C(OC[C@H]1O[C@H](OC(=O)c2ccccc2)[C@@H](OC(=O)c2ccccc2)[C@@H](OC(=O)c2ccccc2)[C@@H]1OP(=O)([O-])[O-])c1ccccc1. The number of phosphoric acid groups is 1. The summed E-state index contributed by atoms with van der Waals surface area (Å²) in [6.45, 7) is -0.781. The van der Waals surface area contributed by atoms with Gasteiger partial charge in [-0.05, 0) is 48.5 Å². The molecule has 1 heterocycles. The van der Waals surface area contributed by atoms with Gasteiger partial charge in [-0.15, -0.1) is 0 Å². The van der Waals surface area contributed by atoms with Crippen molar-refractivity contribution in [3.8, 4) is 0 Å². The Labute approximate surface area is 274 Å². The molecule has 0 amide bonds. The highest BCUT2D eigenvalue weighted by Crippen LogP contribution is 2.38. The first-order valence-electron chi connectivity index (χ1n) is 14.5. The molecule has 1 fully saturated rings. The Bertz CT molecular complexity index is 1750. The van der Waals surface area contributed by atoms with Crippen molar-refractivity contribution in [1.82, 2.24) is 0 Å². The van der Waals surface area contributed by atoms with Crippen LogP contribution in [0.2, 0.25) is 0 Å². The van der Waals surface area contributed by atoms with Crippen molar-refractivity contribution in [3.63, 3.8) is 0 Å². The van der Waals surface area contributed by atoms with Crippen molar-refractivity contribution in [2.45, 2.75) is 30.7 Å². The zero-order valence-corrected chi connectivity index (χ0v) is 25.8. The molecule has 13 nitrogen and oxygen atoms in total. The third kappa shape index (κ3) is 9.00. The minimum Gasteiger partial charge on any atom is -0.790 e. The van der Waals surface area contributed by atoms with Gasteiger partial charge in [0.15, 0.2) is 6.10 Å². The fourth-order valence-corrected chi connectivity index (χ4v) is 5.29.